The fourth-order valence-electron chi connectivity index (χ4n) is 2.11. The molecule has 104 valence electrons. The Bertz CT molecular complexity index is 415. The number of hydrogen-bond acceptors (Lipinski definition) is 3. The maximum atomic E-state index is 12.9. The number of urea groups is 1. The maximum Gasteiger partial charge on any atom is 0.317 e. The van der Waals surface area contributed by atoms with Gasteiger partial charge in [0, 0.05) is 45.0 Å². The van der Waals surface area contributed by atoms with E-state index in [1.807, 2.05) is 0 Å². The smallest absolute Gasteiger partial charge is 0.317 e. The fraction of sp³-hybridized carbons (Fsp3) is 0.462. The molecule has 1 aliphatic rings. The third-order valence-electron chi connectivity index (χ3n) is 3.18. The second-order valence-corrected chi connectivity index (χ2v) is 4.47. The minimum Gasteiger partial charge on any atom is -0.368 e. The standard InChI is InChI=1S/C13H19FN4O/c14-11-1-3-12(4-2-11)17-7-9-18(10-8-17)13(19)16-6-5-15/h1-4H,5-10,15H2,(H,16,19). The van der Waals surface area contributed by atoms with Crippen LogP contribution in [0.25, 0.3) is 0 Å². The zero-order valence-electron chi connectivity index (χ0n) is 10.8. The Morgan fingerprint density at radius 3 is 2.42 bits per heavy atom. The fourth-order valence-corrected chi connectivity index (χ4v) is 2.11. The van der Waals surface area contributed by atoms with Crippen LogP contribution in [0.2, 0.25) is 0 Å². The van der Waals surface area contributed by atoms with Crippen LogP contribution in [0, 0.1) is 5.82 Å². The summed E-state index contributed by atoms with van der Waals surface area (Å²) in [6.45, 7) is 3.77. The zero-order chi connectivity index (χ0) is 13.7. The number of nitrogens with zero attached hydrogens (tertiary/aromatic N) is 2. The number of amides is 2. The molecule has 6 heteroatoms. The van der Waals surface area contributed by atoms with Gasteiger partial charge in [-0.05, 0) is 24.3 Å². The highest BCUT2D eigenvalue weighted by Gasteiger charge is 2.20. The third kappa shape index (κ3) is 3.57. The molecule has 0 atom stereocenters. The van der Waals surface area contributed by atoms with Gasteiger partial charge in [0.2, 0.25) is 0 Å². The van der Waals surface area contributed by atoms with Crippen molar-refractivity contribution in [2.24, 2.45) is 5.73 Å². The van der Waals surface area contributed by atoms with Crippen LogP contribution in [0.15, 0.2) is 24.3 Å². The average molecular weight is 266 g/mol. The number of nitrogens with two attached hydrogens (primary N) is 1. The lowest BCUT2D eigenvalue weighted by Gasteiger charge is -2.36. The Labute approximate surface area is 112 Å². The molecule has 2 rings (SSSR count). The van der Waals surface area contributed by atoms with E-state index in [0.717, 1.165) is 18.8 Å². The molecule has 1 aromatic carbocycles. The molecule has 0 unspecified atom stereocenters. The Morgan fingerprint density at radius 2 is 1.84 bits per heavy atom. The van der Waals surface area contributed by atoms with Crippen molar-refractivity contribution in [1.29, 1.82) is 0 Å². The molecular formula is C13H19FN4O. The lowest BCUT2D eigenvalue weighted by atomic mass is 10.2. The maximum absolute atomic E-state index is 12.9. The van der Waals surface area contributed by atoms with E-state index >= 15 is 0 Å². The van der Waals surface area contributed by atoms with Crippen LogP contribution in [-0.4, -0.2) is 50.2 Å². The van der Waals surface area contributed by atoms with E-state index in [2.05, 4.69) is 10.2 Å². The third-order valence-corrected chi connectivity index (χ3v) is 3.18. The number of nitrogens with one attached hydrogen (secondary N) is 1. The molecule has 2 amide bonds. The highest BCUT2D eigenvalue weighted by atomic mass is 19.1. The van der Waals surface area contributed by atoms with E-state index in [1.165, 1.54) is 12.1 Å². The van der Waals surface area contributed by atoms with E-state index < -0.39 is 0 Å². The molecule has 1 heterocycles. The predicted molar refractivity (Wildman–Crippen MR) is 72.6 cm³/mol. The summed E-state index contributed by atoms with van der Waals surface area (Å²) in [7, 11) is 0. The molecule has 0 saturated carbocycles. The first-order chi connectivity index (χ1) is 9.20. The van der Waals surface area contributed by atoms with E-state index in [9.17, 15) is 9.18 Å². The first kappa shape index (κ1) is 13.6. The van der Waals surface area contributed by atoms with Gasteiger partial charge in [0.25, 0.3) is 0 Å². The van der Waals surface area contributed by atoms with Crippen molar-refractivity contribution in [2.45, 2.75) is 0 Å². The average Bonchev–Trinajstić information content (AvgIpc) is 2.46. The Morgan fingerprint density at radius 1 is 1.21 bits per heavy atom. The molecule has 1 saturated heterocycles. The topological polar surface area (TPSA) is 61.6 Å². The molecule has 1 aliphatic heterocycles. The number of halogens is 1. The normalized spacial score (nSPS) is 15.5. The van der Waals surface area contributed by atoms with Gasteiger partial charge >= 0.3 is 6.03 Å². The van der Waals surface area contributed by atoms with E-state index in [4.69, 9.17) is 5.73 Å². The number of anilines is 1. The van der Waals surface area contributed by atoms with Crippen LogP contribution < -0.4 is 16.0 Å². The second-order valence-electron chi connectivity index (χ2n) is 4.47. The first-order valence-electron chi connectivity index (χ1n) is 6.44. The van der Waals surface area contributed by atoms with Crippen molar-refractivity contribution in [3.05, 3.63) is 30.1 Å². The van der Waals surface area contributed by atoms with Crippen molar-refractivity contribution >= 4 is 11.7 Å². The van der Waals surface area contributed by atoms with Crippen molar-refractivity contribution in [3.8, 4) is 0 Å². The van der Waals surface area contributed by atoms with Crippen molar-refractivity contribution in [2.75, 3.05) is 44.2 Å². The molecule has 1 fully saturated rings. The SMILES string of the molecule is NCCNC(=O)N1CCN(c2ccc(F)cc2)CC1. The number of hydrogen-bond donors (Lipinski definition) is 2. The van der Waals surface area contributed by atoms with Gasteiger partial charge in [-0.2, -0.15) is 0 Å². The summed E-state index contributed by atoms with van der Waals surface area (Å²) in [5.74, 6) is -0.233. The molecule has 0 aliphatic carbocycles. The lowest BCUT2D eigenvalue weighted by molar-refractivity contribution is 0.194. The van der Waals surface area contributed by atoms with Crippen LogP contribution >= 0.6 is 0 Å². The summed E-state index contributed by atoms with van der Waals surface area (Å²) in [6.07, 6.45) is 0. The predicted octanol–water partition coefficient (Wildman–Crippen LogP) is 0.616. The number of carbonyl (C=O) groups excluding carboxylic acids is 1. The number of piperazine rings is 1. The summed E-state index contributed by atoms with van der Waals surface area (Å²) >= 11 is 0. The molecule has 0 aromatic heterocycles. The highest BCUT2D eigenvalue weighted by Crippen LogP contribution is 2.16. The van der Waals surface area contributed by atoms with Gasteiger partial charge in [-0.25, -0.2) is 9.18 Å². The van der Waals surface area contributed by atoms with Crippen molar-refractivity contribution in [1.82, 2.24) is 10.2 Å². The summed E-state index contributed by atoms with van der Waals surface area (Å²) in [4.78, 5) is 15.7. The van der Waals surface area contributed by atoms with Crippen LogP contribution in [-0.2, 0) is 0 Å². The quantitative estimate of drug-likeness (QED) is 0.843. The van der Waals surface area contributed by atoms with Gasteiger partial charge in [-0.3, -0.25) is 0 Å². The van der Waals surface area contributed by atoms with Crippen LogP contribution in [0.1, 0.15) is 0 Å². The van der Waals surface area contributed by atoms with Gasteiger partial charge < -0.3 is 20.9 Å². The van der Waals surface area contributed by atoms with Gasteiger partial charge in [0.1, 0.15) is 5.82 Å². The van der Waals surface area contributed by atoms with Gasteiger partial charge in [-0.1, -0.05) is 0 Å². The summed E-state index contributed by atoms with van der Waals surface area (Å²) < 4.78 is 12.9. The van der Waals surface area contributed by atoms with Crippen molar-refractivity contribution < 1.29 is 9.18 Å². The Kier molecular flexibility index (Phi) is 4.57. The first-order valence-corrected chi connectivity index (χ1v) is 6.44. The molecule has 0 spiro atoms. The number of rotatable bonds is 3. The molecule has 5 nitrogen and oxygen atoms in total. The van der Waals surface area contributed by atoms with Crippen LogP contribution in [0.3, 0.4) is 0 Å². The van der Waals surface area contributed by atoms with E-state index in [-0.39, 0.29) is 11.8 Å². The largest absolute Gasteiger partial charge is 0.368 e. The van der Waals surface area contributed by atoms with Crippen molar-refractivity contribution in [3.63, 3.8) is 0 Å². The molecular weight excluding hydrogens is 247 g/mol. The Hall–Kier alpha value is -1.82. The lowest BCUT2D eigenvalue weighted by Crippen LogP contribution is -2.52. The number of benzene rings is 1. The van der Waals surface area contributed by atoms with E-state index in [0.29, 0.717) is 26.2 Å². The van der Waals surface area contributed by atoms with E-state index in [1.54, 1.807) is 17.0 Å². The molecule has 1 aromatic rings. The second kappa shape index (κ2) is 6.38. The highest BCUT2D eigenvalue weighted by molar-refractivity contribution is 5.74. The summed E-state index contributed by atoms with van der Waals surface area (Å²) in [5.41, 5.74) is 6.33. The van der Waals surface area contributed by atoms with Gasteiger partial charge in [0.05, 0.1) is 0 Å². The van der Waals surface area contributed by atoms with Gasteiger partial charge in [0.15, 0.2) is 0 Å². The monoisotopic (exact) mass is 266 g/mol. The summed E-state index contributed by atoms with van der Waals surface area (Å²) in [6, 6.07) is 6.37. The minimum absolute atomic E-state index is 0.0655. The molecule has 0 radical (unpaired) electrons. The Balaban J connectivity index is 1.85. The summed E-state index contributed by atoms with van der Waals surface area (Å²) in [5, 5.41) is 2.76. The zero-order valence-corrected chi connectivity index (χ0v) is 10.8. The molecule has 19 heavy (non-hydrogen) atoms. The van der Waals surface area contributed by atoms with Gasteiger partial charge in [-0.15, -0.1) is 0 Å². The minimum atomic E-state index is -0.233. The molecule has 0 bridgehead atoms. The van der Waals surface area contributed by atoms with Crippen LogP contribution in [0.4, 0.5) is 14.9 Å². The number of carbonyl (C=O) groups is 1. The van der Waals surface area contributed by atoms with Crippen LogP contribution in [0.5, 0.6) is 0 Å². The molecule has 3 N–H and O–H groups in total.